The molecule has 0 aliphatic carbocycles. The predicted octanol–water partition coefficient (Wildman–Crippen LogP) is 2.17. The summed E-state index contributed by atoms with van der Waals surface area (Å²) >= 11 is 0. The van der Waals surface area contributed by atoms with E-state index in [4.69, 9.17) is 9.47 Å². The summed E-state index contributed by atoms with van der Waals surface area (Å²) in [6, 6.07) is 11.7. The largest absolute Gasteiger partial charge is 0.455 e. The van der Waals surface area contributed by atoms with E-state index in [9.17, 15) is 24.4 Å². The summed E-state index contributed by atoms with van der Waals surface area (Å²) in [6.45, 7) is 4.39. The summed E-state index contributed by atoms with van der Waals surface area (Å²) in [5.41, 5.74) is -0.426. The highest BCUT2D eigenvalue weighted by atomic mass is 16.6. The first kappa shape index (κ1) is 23.3. The van der Waals surface area contributed by atoms with Gasteiger partial charge in [-0.3, -0.25) is 23.9 Å². The van der Waals surface area contributed by atoms with Crippen molar-refractivity contribution in [2.75, 3.05) is 4.90 Å². The molecule has 2 aromatic carbocycles. The number of esters is 2. The zero-order valence-corrected chi connectivity index (χ0v) is 20.3. The summed E-state index contributed by atoms with van der Waals surface area (Å²) in [4.78, 5) is 58.2. The number of rotatable bonds is 3. The first-order chi connectivity index (χ1) is 17.7. The van der Waals surface area contributed by atoms with Crippen molar-refractivity contribution < 1.29 is 29.1 Å². The fourth-order valence-electron chi connectivity index (χ4n) is 5.85. The van der Waals surface area contributed by atoms with Gasteiger partial charge >= 0.3 is 11.9 Å². The van der Waals surface area contributed by atoms with Crippen molar-refractivity contribution in [2.24, 2.45) is 0 Å². The van der Waals surface area contributed by atoms with Crippen molar-refractivity contribution in [3.63, 3.8) is 0 Å². The Morgan fingerprint density at radius 1 is 1.16 bits per heavy atom. The van der Waals surface area contributed by atoms with Crippen LogP contribution in [0.1, 0.15) is 50.7 Å². The summed E-state index contributed by atoms with van der Waals surface area (Å²) in [6.07, 6.45) is -1.99. The highest BCUT2D eigenvalue weighted by Crippen LogP contribution is 2.57. The van der Waals surface area contributed by atoms with Crippen LogP contribution in [0, 0.1) is 0 Å². The van der Waals surface area contributed by atoms with Crippen LogP contribution >= 0.6 is 0 Å². The molecule has 1 spiro atoms. The molecule has 11 heteroatoms. The zero-order valence-electron chi connectivity index (χ0n) is 20.3. The molecule has 1 amide bonds. The van der Waals surface area contributed by atoms with E-state index in [2.05, 4.69) is 4.98 Å². The molecule has 5 unspecified atom stereocenters. The molecule has 3 aliphatic rings. The number of amides is 1. The Bertz CT molecular complexity index is 1550. The summed E-state index contributed by atoms with van der Waals surface area (Å²) in [5.74, 6) is -1.52. The lowest BCUT2D eigenvalue weighted by Gasteiger charge is -2.33. The van der Waals surface area contributed by atoms with Gasteiger partial charge in [0.25, 0.3) is 5.56 Å². The van der Waals surface area contributed by atoms with E-state index >= 15 is 0 Å². The van der Waals surface area contributed by atoms with Crippen LogP contribution < -0.4 is 10.5 Å². The third-order valence-electron chi connectivity index (χ3n) is 7.43. The predicted molar refractivity (Wildman–Crippen MR) is 128 cm³/mol. The molecule has 0 radical (unpaired) electrons. The normalized spacial score (nSPS) is 27.5. The number of hydroxylamine groups is 2. The minimum atomic E-state index is -1.43. The molecule has 2 saturated heterocycles. The molecule has 3 aliphatic heterocycles. The number of ether oxygens (including phenoxy) is 2. The Labute approximate surface area is 210 Å². The minimum Gasteiger partial charge on any atom is -0.455 e. The Morgan fingerprint density at radius 2 is 1.86 bits per heavy atom. The molecule has 37 heavy (non-hydrogen) atoms. The van der Waals surface area contributed by atoms with E-state index in [1.807, 2.05) is 0 Å². The fourth-order valence-corrected chi connectivity index (χ4v) is 5.85. The average Bonchev–Trinajstić information content (AvgIpc) is 3.44. The average molecular weight is 504 g/mol. The van der Waals surface area contributed by atoms with E-state index in [1.165, 1.54) is 16.4 Å². The number of carbonyl (C=O) groups is 3. The zero-order chi connectivity index (χ0) is 26.2. The maximum absolute atomic E-state index is 13.8. The maximum atomic E-state index is 13.8. The number of nitrogens with zero attached hydrogens (tertiary/aromatic N) is 4. The summed E-state index contributed by atoms with van der Waals surface area (Å²) in [5, 5.41) is 12.2. The van der Waals surface area contributed by atoms with Gasteiger partial charge in [0.2, 0.25) is 5.91 Å². The molecular formula is C26H24N4O7. The van der Waals surface area contributed by atoms with Gasteiger partial charge in [-0.15, -0.1) is 0 Å². The van der Waals surface area contributed by atoms with Crippen LogP contribution in [0.25, 0.3) is 10.9 Å². The van der Waals surface area contributed by atoms with Crippen LogP contribution in [0.15, 0.2) is 53.3 Å². The second kappa shape index (κ2) is 7.95. The van der Waals surface area contributed by atoms with Crippen LogP contribution in [0.3, 0.4) is 0 Å². The van der Waals surface area contributed by atoms with E-state index in [0.29, 0.717) is 16.8 Å². The third-order valence-corrected chi connectivity index (χ3v) is 7.43. The lowest BCUT2D eigenvalue weighted by atomic mass is 9.88. The Morgan fingerprint density at radius 3 is 2.62 bits per heavy atom. The van der Waals surface area contributed by atoms with E-state index < -0.39 is 47.5 Å². The van der Waals surface area contributed by atoms with E-state index in [0.717, 1.165) is 5.06 Å². The van der Waals surface area contributed by atoms with Crippen molar-refractivity contribution >= 4 is 34.4 Å². The number of fused-ring (bicyclic) bond motifs is 6. The second-order valence-corrected chi connectivity index (χ2v) is 9.60. The molecule has 190 valence electrons. The van der Waals surface area contributed by atoms with E-state index in [-0.39, 0.29) is 23.5 Å². The van der Waals surface area contributed by atoms with Gasteiger partial charge in [-0.2, -0.15) is 5.06 Å². The molecular weight excluding hydrogens is 480 g/mol. The standard InChI is InChI=1S/C26H24N4O7/c1-13-22(32)29-19-11-7-5-9-17(19)26(25(29)30(13)35)12-20(24(34)37-26)28-21(14(2)36-15(3)31)27-18-10-6-4-8-16(18)23(28)33/h4-11,13-14,20,25,35H,12H2,1-3H3. The third kappa shape index (κ3) is 3.10. The SMILES string of the molecule is CC(=O)OC(C)c1nc2ccccc2c(=O)n1C1CC2(OC1=O)c1ccccc1N1C(=O)C(C)N(O)C12. The van der Waals surface area contributed by atoms with Crippen LogP contribution in [-0.4, -0.2) is 49.9 Å². The first-order valence-corrected chi connectivity index (χ1v) is 12.0. The lowest BCUT2D eigenvalue weighted by molar-refractivity contribution is -0.190. The second-order valence-electron chi connectivity index (χ2n) is 9.60. The van der Waals surface area contributed by atoms with Crippen molar-refractivity contribution in [2.45, 2.75) is 57.1 Å². The molecule has 4 heterocycles. The number of anilines is 1. The molecule has 2 fully saturated rings. The molecule has 5 atom stereocenters. The number of hydrogen-bond acceptors (Lipinski definition) is 9. The number of para-hydroxylation sites is 2. The smallest absolute Gasteiger partial charge is 0.330 e. The molecule has 1 N–H and O–H groups in total. The Kier molecular flexibility index (Phi) is 5.01. The Hall–Kier alpha value is -4.09. The number of carbonyl (C=O) groups excluding carboxylic acids is 3. The van der Waals surface area contributed by atoms with Crippen molar-refractivity contribution in [3.05, 3.63) is 70.3 Å². The van der Waals surface area contributed by atoms with Crippen molar-refractivity contribution in [1.29, 1.82) is 0 Å². The van der Waals surface area contributed by atoms with Crippen LogP contribution in [-0.2, 0) is 29.5 Å². The minimum absolute atomic E-state index is 0.0548. The quantitative estimate of drug-likeness (QED) is 0.533. The highest BCUT2D eigenvalue weighted by Gasteiger charge is 2.67. The van der Waals surface area contributed by atoms with Gasteiger partial charge in [0.15, 0.2) is 23.7 Å². The Balaban J connectivity index is 1.54. The number of hydrogen-bond donors (Lipinski definition) is 1. The van der Waals surface area contributed by atoms with Crippen molar-refractivity contribution in [3.8, 4) is 0 Å². The van der Waals surface area contributed by atoms with Gasteiger partial charge < -0.3 is 14.7 Å². The van der Waals surface area contributed by atoms with Gasteiger partial charge in [-0.1, -0.05) is 30.3 Å². The molecule has 6 rings (SSSR count). The van der Waals surface area contributed by atoms with Gasteiger partial charge in [-0.05, 0) is 32.0 Å². The van der Waals surface area contributed by atoms with Gasteiger partial charge in [0.05, 0.1) is 16.6 Å². The van der Waals surface area contributed by atoms with Crippen molar-refractivity contribution in [1.82, 2.24) is 14.6 Å². The molecule has 0 bridgehead atoms. The lowest BCUT2D eigenvalue weighted by Crippen LogP contribution is -2.50. The molecule has 3 aromatic rings. The highest BCUT2D eigenvalue weighted by molar-refractivity contribution is 6.02. The van der Waals surface area contributed by atoms with Gasteiger partial charge in [-0.25, -0.2) is 9.78 Å². The van der Waals surface area contributed by atoms with Gasteiger partial charge in [0, 0.05) is 18.9 Å². The number of aromatic nitrogens is 2. The van der Waals surface area contributed by atoms with Crippen LogP contribution in [0.4, 0.5) is 5.69 Å². The molecule has 0 saturated carbocycles. The topological polar surface area (TPSA) is 131 Å². The first-order valence-electron chi connectivity index (χ1n) is 12.0. The summed E-state index contributed by atoms with van der Waals surface area (Å²) in [7, 11) is 0. The monoisotopic (exact) mass is 504 g/mol. The molecule has 11 nitrogen and oxygen atoms in total. The fraction of sp³-hybridized carbons (Fsp3) is 0.346. The molecule has 1 aromatic heterocycles. The summed E-state index contributed by atoms with van der Waals surface area (Å²) < 4.78 is 12.6. The maximum Gasteiger partial charge on any atom is 0.330 e. The number of benzene rings is 2. The van der Waals surface area contributed by atoms with Crippen LogP contribution in [0.5, 0.6) is 0 Å². The van der Waals surface area contributed by atoms with Crippen LogP contribution in [0.2, 0.25) is 0 Å². The van der Waals surface area contributed by atoms with Gasteiger partial charge in [0.1, 0.15) is 12.1 Å². The van der Waals surface area contributed by atoms with E-state index in [1.54, 1.807) is 62.4 Å².